The second-order valence-electron chi connectivity index (χ2n) is 5.61. The van der Waals surface area contributed by atoms with Crippen molar-refractivity contribution >= 4 is 27.7 Å². The average Bonchev–Trinajstić information content (AvgIpc) is 3.10. The zero-order chi connectivity index (χ0) is 18.0. The molecule has 0 aliphatic heterocycles. The summed E-state index contributed by atoms with van der Waals surface area (Å²) in [4.78, 5) is 12.3. The molecule has 2 heterocycles. The fourth-order valence-electron chi connectivity index (χ4n) is 2.31. The van der Waals surface area contributed by atoms with Crippen LogP contribution in [0.25, 0.3) is 5.69 Å². The van der Waals surface area contributed by atoms with Crippen molar-refractivity contribution in [3.8, 4) is 11.6 Å². The average molecular weight is 404 g/mol. The van der Waals surface area contributed by atoms with Crippen LogP contribution in [0.2, 0.25) is 0 Å². The minimum atomic E-state index is -0.717. The van der Waals surface area contributed by atoms with Crippen molar-refractivity contribution in [3.63, 3.8) is 0 Å². The molecule has 0 aliphatic rings. The summed E-state index contributed by atoms with van der Waals surface area (Å²) in [6, 6.07) is 11.5. The van der Waals surface area contributed by atoms with E-state index in [1.807, 2.05) is 37.3 Å². The van der Waals surface area contributed by atoms with Crippen LogP contribution in [0.5, 0.6) is 5.88 Å². The van der Waals surface area contributed by atoms with Crippen LogP contribution in [0.1, 0.15) is 12.6 Å². The Morgan fingerprint density at radius 3 is 2.64 bits per heavy atom. The Balaban J connectivity index is 1.70. The highest BCUT2D eigenvalue weighted by atomic mass is 79.9. The van der Waals surface area contributed by atoms with Gasteiger partial charge in [-0.1, -0.05) is 18.2 Å². The number of nitrogens with one attached hydrogen (secondary N) is 1. The minimum Gasteiger partial charge on any atom is -0.463 e. The lowest BCUT2D eigenvalue weighted by molar-refractivity contribution is -0.122. The molecule has 0 unspecified atom stereocenters. The fraction of sp³-hybridized carbons (Fsp3) is 0.235. The van der Waals surface area contributed by atoms with Gasteiger partial charge in [-0.05, 0) is 41.9 Å². The van der Waals surface area contributed by atoms with Crippen LogP contribution < -0.4 is 10.1 Å². The predicted octanol–water partition coefficient (Wildman–Crippen LogP) is 3.08. The van der Waals surface area contributed by atoms with E-state index in [0.717, 1.165) is 11.4 Å². The third kappa shape index (κ3) is 3.90. The van der Waals surface area contributed by atoms with E-state index in [0.29, 0.717) is 16.2 Å². The third-order valence-electron chi connectivity index (χ3n) is 3.57. The molecule has 1 N–H and O–H groups in total. The first-order valence-electron chi connectivity index (χ1n) is 7.73. The molecule has 0 saturated carbocycles. The molecule has 1 atom stereocenters. The number of aryl methyl sites for hydroxylation is 2. The molecule has 3 aromatic rings. The smallest absolute Gasteiger partial charge is 0.266 e. The first kappa shape index (κ1) is 17.2. The van der Waals surface area contributed by atoms with Crippen molar-refractivity contribution in [2.24, 2.45) is 7.05 Å². The van der Waals surface area contributed by atoms with Crippen molar-refractivity contribution in [2.45, 2.75) is 20.0 Å². The Bertz CT molecular complexity index is 888. The number of carbonyl (C=O) groups excluding carboxylic acids is 1. The molecule has 7 nitrogen and oxygen atoms in total. The van der Waals surface area contributed by atoms with Gasteiger partial charge in [0.1, 0.15) is 5.82 Å². The Kier molecular flexibility index (Phi) is 4.89. The Hall–Kier alpha value is -2.61. The summed E-state index contributed by atoms with van der Waals surface area (Å²) in [6.07, 6.45) is 1.07. The van der Waals surface area contributed by atoms with Gasteiger partial charge in [0.15, 0.2) is 6.10 Å². The first-order valence-corrected chi connectivity index (χ1v) is 8.52. The fourth-order valence-corrected chi connectivity index (χ4v) is 2.67. The van der Waals surface area contributed by atoms with Crippen molar-refractivity contribution in [2.75, 3.05) is 5.32 Å². The summed E-state index contributed by atoms with van der Waals surface area (Å²) in [5.41, 5.74) is 1.73. The van der Waals surface area contributed by atoms with E-state index in [2.05, 4.69) is 31.4 Å². The summed E-state index contributed by atoms with van der Waals surface area (Å²) in [5, 5.41) is 11.4. The maximum atomic E-state index is 12.3. The number of ether oxygens (including phenoxy) is 1. The number of rotatable bonds is 5. The zero-order valence-electron chi connectivity index (χ0n) is 14.1. The van der Waals surface area contributed by atoms with Gasteiger partial charge >= 0.3 is 0 Å². The minimum absolute atomic E-state index is 0.274. The van der Waals surface area contributed by atoms with E-state index < -0.39 is 6.10 Å². The Morgan fingerprint density at radius 1 is 1.28 bits per heavy atom. The molecule has 3 rings (SSSR count). The summed E-state index contributed by atoms with van der Waals surface area (Å²) in [6.45, 7) is 3.54. The Morgan fingerprint density at radius 2 is 2.00 bits per heavy atom. The number of para-hydroxylation sites is 1. The number of amides is 1. The molecule has 25 heavy (non-hydrogen) atoms. The molecule has 1 amide bonds. The van der Waals surface area contributed by atoms with Crippen molar-refractivity contribution in [3.05, 3.63) is 52.8 Å². The molecular weight excluding hydrogens is 386 g/mol. The van der Waals surface area contributed by atoms with Gasteiger partial charge in [-0.15, -0.1) is 5.10 Å². The molecule has 1 aromatic carbocycles. The van der Waals surface area contributed by atoms with E-state index in [-0.39, 0.29) is 5.91 Å². The molecule has 0 radical (unpaired) electrons. The van der Waals surface area contributed by atoms with Crippen molar-refractivity contribution in [1.29, 1.82) is 0 Å². The third-order valence-corrected chi connectivity index (χ3v) is 4.11. The van der Waals surface area contributed by atoms with Crippen LogP contribution in [0, 0.1) is 6.92 Å². The lowest BCUT2D eigenvalue weighted by Crippen LogP contribution is -2.31. The summed E-state index contributed by atoms with van der Waals surface area (Å²) >= 11 is 3.42. The summed E-state index contributed by atoms with van der Waals surface area (Å²) in [5.74, 6) is 0.698. The standard InChI is InChI=1S/C17H18BrN5O2/c1-11-9-15(22(3)20-11)19-16(24)12(2)25-17-14(18)10-23(21-17)13-7-5-4-6-8-13/h4-10,12H,1-3H3,(H,19,24)/t12-/m0/s1. The van der Waals surface area contributed by atoms with Crippen molar-refractivity contribution < 1.29 is 9.53 Å². The van der Waals surface area contributed by atoms with Gasteiger partial charge in [-0.25, -0.2) is 4.68 Å². The van der Waals surface area contributed by atoms with E-state index in [1.54, 1.807) is 35.6 Å². The van der Waals surface area contributed by atoms with Crippen LogP contribution in [0.4, 0.5) is 5.82 Å². The Labute approximate surface area is 153 Å². The molecule has 0 spiro atoms. The van der Waals surface area contributed by atoms with Gasteiger partial charge in [0.05, 0.1) is 15.9 Å². The normalized spacial score (nSPS) is 12.0. The number of halogens is 1. The second-order valence-corrected chi connectivity index (χ2v) is 6.46. The van der Waals surface area contributed by atoms with Gasteiger partial charge in [-0.2, -0.15) is 5.10 Å². The van der Waals surface area contributed by atoms with Gasteiger partial charge in [-0.3, -0.25) is 9.48 Å². The molecule has 0 fully saturated rings. The van der Waals surface area contributed by atoms with E-state index in [4.69, 9.17) is 4.74 Å². The topological polar surface area (TPSA) is 74.0 Å². The number of carbonyl (C=O) groups is 1. The highest BCUT2D eigenvalue weighted by Crippen LogP contribution is 2.25. The largest absolute Gasteiger partial charge is 0.463 e. The maximum absolute atomic E-state index is 12.3. The number of nitrogens with zero attached hydrogens (tertiary/aromatic N) is 4. The maximum Gasteiger partial charge on any atom is 0.266 e. The molecule has 0 saturated heterocycles. The molecular formula is C17H18BrN5O2. The number of anilines is 1. The summed E-state index contributed by atoms with van der Waals surface area (Å²) < 4.78 is 9.68. The molecule has 130 valence electrons. The van der Waals surface area contributed by atoms with Crippen LogP contribution >= 0.6 is 15.9 Å². The van der Waals surface area contributed by atoms with Crippen LogP contribution in [-0.4, -0.2) is 31.6 Å². The number of benzene rings is 1. The van der Waals surface area contributed by atoms with Gasteiger partial charge in [0.25, 0.3) is 5.91 Å². The highest BCUT2D eigenvalue weighted by molar-refractivity contribution is 9.10. The molecule has 2 aromatic heterocycles. The van der Waals surface area contributed by atoms with E-state index in [9.17, 15) is 4.79 Å². The van der Waals surface area contributed by atoms with Gasteiger partial charge in [0.2, 0.25) is 5.88 Å². The quantitative estimate of drug-likeness (QED) is 0.710. The van der Waals surface area contributed by atoms with E-state index in [1.165, 1.54) is 0 Å². The SMILES string of the molecule is Cc1cc(NC(=O)[C@H](C)Oc2nn(-c3ccccc3)cc2Br)n(C)n1. The zero-order valence-corrected chi connectivity index (χ0v) is 15.7. The van der Waals surface area contributed by atoms with Crippen LogP contribution in [0.3, 0.4) is 0 Å². The van der Waals surface area contributed by atoms with Crippen LogP contribution in [-0.2, 0) is 11.8 Å². The molecule has 8 heteroatoms. The lowest BCUT2D eigenvalue weighted by atomic mass is 10.3. The molecule has 0 aliphatic carbocycles. The second kappa shape index (κ2) is 7.10. The van der Waals surface area contributed by atoms with E-state index >= 15 is 0 Å². The number of hydrogen-bond acceptors (Lipinski definition) is 4. The van der Waals surface area contributed by atoms with Crippen molar-refractivity contribution in [1.82, 2.24) is 19.6 Å². The van der Waals surface area contributed by atoms with Crippen LogP contribution in [0.15, 0.2) is 47.1 Å². The summed E-state index contributed by atoms with van der Waals surface area (Å²) in [7, 11) is 1.77. The monoisotopic (exact) mass is 403 g/mol. The predicted molar refractivity (Wildman–Crippen MR) is 97.9 cm³/mol. The van der Waals surface area contributed by atoms with Gasteiger partial charge < -0.3 is 10.1 Å². The number of aromatic nitrogens is 4. The lowest BCUT2D eigenvalue weighted by Gasteiger charge is -2.13. The number of hydrogen-bond donors (Lipinski definition) is 1. The molecule has 0 bridgehead atoms. The van der Waals surface area contributed by atoms with Gasteiger partial charge in [0, 0.05) is 19.3 Å². The first-order chi connectivity index (χ1) is 11.9. The highest BCUT2D eigenvalue weighted by Gasteiger charge is 2.20.